The van der Waals surface area contributed by atoms with Crippen LogP contribution in [0.4, 0.5) is 5.69 Å². The molecule has 0 aromatic heterocycles. The van der Waals surface area contributed by atoms with E-state index in [0.29, 0.717) is 5.02 Å². The van der Waals surface area contributed by atoms with E-state index >= 15 is 0 Å². The first kappa shape index (κ1) is 10.0. The Morgan fingerprint density at radius 3 is 3.00 bits per heavy atom. The van der Waals surface area contributed by atoms with Crippen LogP contribution in [0.5, 0.6) is 0 Å². The first-order valence-corrected chi connectivity index (χ1v) is 5.72. The third-order valence-corrected chi connectivity index (χ3v) is 2.84. The van der Waals surface area contributed by atoms with Crippen molar-refractivity contribution in [2.45, 2.75) is 0 Å². The molecule has 74 valence electrons. The average molecular weight is 322 g/mol. The van der Waals surface area contributed by atoms with Crippen LogP contribution in [0, 0.1) is 3.57 Å². The van der Waals surface area contributed by atoms with Crippen molar-refractivity contribution in [3.8, 4) is 0 Å². The molecule has 0 bridgehead atoms. The smallest absolute Gasteiger partial charge is 0.195 e. The van der Waals surface area contributed by atoms with Crippen LogP contribution in [0.1, 0.15) is 0 Å². The highest BCUT2D eigenvalue weighted by molar-refractivity contribution is 14.1. The van der Waals surface area contributed by atoms with Crippen LogP contribution >= 0.6 is 34.2 Å². The standard InChI is InChI=1S/C9H9ClIN3/c10-7-5-6(11)1-2-8(7)14-9-12-3-4-13-9/h1-2,5H,3-4H2,(H2,12,13,14). The minimum Gasteiger partial charge on any atom is -0.354 e. The van der Waals surface area contributed by atoms with Crippen LogP contribution in [0.25, 0.3) is 0 Å². The zero-order chi connectivity index (χ0) is 9.97. The second kappa shape index (κ2) is 4.35. The normalized spacial score (nSPS) is 14.9. The summed E-state index contributed by atoms with van der Waals surface area (Å²) in [5, 5.41) is 6.98. The van der Waals surface area contributed by atoms with Gasteiger partial charge in [-0.25, -0.2) is 0 Å². The Morgan fingerprint density at radius 2 is 2.36 bits per heavy atom. The molecule has 0 atom stereocenters. The molecule has 1 heterocycles. The maximum atomic E-state index is 6.06. The van der Waals surface area contributed by atoms with E-state index in [9.17, 15) is 0 Å². The van der Waals surface area contributed by atoms with Gasteiger partial charge >= 0.3 is 0 Å². The number of benzene rings is 1. The van der Waals surface area contributed by atoms with E-state index in [2.05, 4.69) is 38.2 Å². The minimum atomic E-state index is 0.716. The van der Waals surface area contributed by atoms with Crippen LogP contribution < -0.4 is 10.6 Å². The van der Waals surface area contributed by atoms with Crippen LogP contribution in [-0.4, -0.2) is 19.0 Å². The summed E-state index contributed by atoms with van der Waals surface area (Å²) in [5.41, 5.74) is 0.889. The van der Waals surface area contributed by atoms with Gasteiger partial charge < -0.3 is 10.6 Å². The number of aliphatic imine (C=N–C) groups is 1. The molecule has 0 amide bonds. The van der Waals surface area contributed by atoms with Crippen LogP contribution in [0.2, 0.25) is 5.02 Å². The van der Waals surface area contributed by atoms with Crippen LogP contribution in [0.3, 0.4) is 0 Å². The molecular weight excluding hydrogens is 312 g/mol. The van der Waals surface area contributed by atoms with Crippen molar-refractivity contribution in [3.63, 3.8) is 0 Å². The summed E-state index contributed by atoms with van der Waals surface area (Å²) in [7, 11) is 0. The first-order chi connectivity index (χ1) is 6.75. The molecule has 0 fully saturated rings. The number of halogens is 2. The first-order valence-electron chi connectivity index (χ1n) is 4.26. The van der Waals surface area contributed by atoms with E-state index in [1.54, 1.807) is 0 Å². The maximum Gasteiger partial charge on any atom is 0.195 e. The lowest BCUT2D eigenvalue weighted by Gasteiger charge is -2.08. The van der Waals surface area contributed by atoms with E-state index in [4.69, 9.17) is 11.6 Å². The van der Waals surface area contributed by atoms with E-state index < -0.39 is 0 Å². The molecule has 0 saturated carbocycles. The van der Waals surface area contributed by atoms with E-state index in [1.165, 1.54) is 0 Å². The molecule has 1 aliphatic rings. The second-order valence-electron chi connectivity index (χ2n) is 2.91. The summed E-state index contributed by atoms with van der Waals surface area (Å²) in [4.78, 5) is 4.23. The number of nitrogens with zero attached hydrogens (tertiary/aromatic N) is 1. The molecule has 1 aromatic rings. The highest BCUT2D eigenvalue weighted by atomic mass is 127. The number of anilines is 1. The van der Waals surface area contributed by atoms with Gasteiger partial charge in [0.15, 0.2) is 5.96 Å². The molecule has 0 aliphatic carbocycles. The fourth-order valence-corrected chi connectivity index (χ4v) is 2.10. The number of nitrogens with one attached hydrogen (secondary N) is 2. The lowest BCUT2D eigenvalue weighted by molar-refractivity contribution is 0.959. The number of guanidine groups is 1. The average Bonchev–Trinajstić information content (AvgIpc) is 2.62. The predicted octanol–water partition coefficient (Wildman–Crippen LogP) is 2.32. The Morgan fingerprint density at radius 1 is 1.50 bits per heavy atom. The number of rotatable bonds is 1. The lowest BCUT2D eigenvalue weighted by atomic mass is 10.3. The fourth-order valence-electron chi connectivity index (χ4n) is 1.20. The molecule has 0 spiro atoms. The van der Waals surface area contributed by atoms with Crippen molar-refractivity contribution in [1.82, 2.24) is 5.32 Å². The Labute approximate surface area is 101 Å². The van der Waals surface area contributed by atoms with Gasteiger partial charge in [0.25, 0.3) is 0 Å². The van der Waals surface area contributed by atoms with Gasteiger partial charge in [0.2, 0.25) is 0 Å². The summed E-state index contributed by atoms with van der Waals surface area (Å²) in [6.45, 7) is 1.72. The van der Waals surface area contributed by atoms with Crippen molar-refractivity contribution >= 4 is 45.8 Å². The Kier molecular flexibility index (Phi) is 3.12. The van der Waals surface area contributed by atoms with Crippen LogP contribution in [-0.2, 0) is 0 Å². The molecule has 14 heavy (non-hydrogen) atoms. The highest BCUT2D eigenvalue weighted by Crippen LogP contribution is 2.23. The molecule has 1 aromatic carbocycles. The summed E-state index contributed by atoms with van der Waals surface area (Å²) >= 11 is 8.29. The van der Waals surface area contributed by atoms with Crippen LogP contribution in [0.15, 0.2) is 23.2 Å². The summed E-state index contributed by atoms with van der Waals surface area (Å²) in [6, 6.07) is 5.87. The Hall–Kier alpha value is -0.490. The molecule has 2 rings (SSSR count). The summed E-state index contributed by atoms with van der Waals surface area (Å²) < 4.78 is 1.12. The number of hydrogen-bond acceptors (Lipinski definition) is 3. The fraction of sp³-hybridized carbons (Fsp3) is 0.222. The zero-order valence-electron chi connectivity index (χ0n) is 7.35. The van der Waals surface area contributed by atoms with Gasteiger partial charge in [-0.15, -0.1) is 0 Å². The molecule has 2 N–H and O–H groups in total. The summed E-state index contributed by atoms with van der Waals surface area (Å²) in [5.74, 6) is 0.799. The SMILES string of the molecule is Clc1cc(I)ccc1NC1=NCCN1. The lowest BCUT2D eigenvalue weighted by Crippen LogP contribution is -2.26. The minimum absolute atomic E-state index is 0.716. The third kappa shape index (κ3) is 2.30. The summed E-state index contributed by atoms with van der Waals surface area (Å²) in [6.07, 6.45) is 0. The molecule has 5 heteroatoms. The third-order valence-electron chi connectivity index (χ3n) is 1.86. The molecular formula is C9H9ClIN3. The van der Waals surface area contributed by atoms with Gasteiger partial charge in [-0.3, -0.25) is 4.99 Å². The van der Waals surface area contributed by atoms with Crippen molar-refractivity contribution in [2.75, 3.05) is 18.4 Å². The van der Waals surface area contributed by atoms with Gasteiger partial charge in [-0.1, -0.05) is 11.6 Å². The Balaban J connectivity index is 2.16. The van der Waals surface area contributed by atoms with Crippen molar-refractivity contribution in [3.05, 3.63) is 26.8 Å². The predicted molar refractivity (Wildman–Crippen MR) is 68.1 cm³/mol. The highest BCUT2D eigenvalue weighted by Gasteiger charge is 2.07. The molecule has 0 radical (unpaired) electrons. The number of hydrogen-bond donors (Lipinski definition) is 2. The molecule has 3 nitrogen and oxygen atoms in total. The maximum absolute atomic E-state index is 6.06. The Bertz CT molecular complexity index is 378. The molecule has 0 unspecified atom stereocenters. The largest absolute Gasteiger partial charge is 0.354 e. The zero-order valence-corrected chi connectivity index (χ0v) is 10.3. The van der Waals surface area contributed by atoms with E-state index in [1.807, 2.05) is 18.2 Å². The van der Waals surface area contributed by atoms with Gasteiger partial charge in [0, 0.05) is 10.1 Å². The van der Waals surface area contributed by atoms with Gasteiger partial charge in [0.1, 0.15) is 0 Å². The van der Waals surface area contributed by atoms with Crippen molar-refractivity contribution in [1.29, 1.82) is 0 Å². The second-order valence-corrected chi connectivity index (χ2v) is 4.56. The molecule has 0 saturated heterocycles. The van der Waals surface area contributed by atoms with Gasteiger partial charge in [-0.05, 0) is 40.8 Å². The van der Waals surface area contributed by atoms with Crippen molar-refractivity contribution in [2.24, 2.45) is 4.99 Å². The quantitative estimate of drug-likeness (QED) is 0.779. The van der Waals surface area contributed by atoms with Gasteiger partial charge in [0.05, 0.1) is 17.3 Å². The topological polar surface area (TPSA) is 36.4 Å². The van der Waals surface area contributed by atoms with E-state index in [-0.39, 0.29) is 0 Å². The van der Waals surface area contributed by atoms with E-state index in [0.717, 1.165) is 28.3 Å². The monoisotopic (exact) mass is 321 g/mol. The van der Waals surface area contributed by atoms with Crippen molar-refractivity contribution < 1.29 is 0 Å². The van der Waals surface area contributed by atoms with Gasteiger partial charge in [-0.2, -0.15) is 0 Å². The molecule has 1 aliphatic heterocycles.